The van der Waals surface area contributed by atoms with E-state index in [0.717, 1.165) is 42.7 Å². The monoisotopic (exact) mass is 453 g/mol. The van der Waals surface area contributed by atoms with Gasteiger partial charge in [-0.1, -0.05) is 0 Å². The van der Waals surface area contributed by atoms with Crippen LogP contribution in [-0.4, -0.2) is 73.4 Å². The molecule has 0 radical (unpaired) electrons. The number of aldehydes is 1. The zero-order chi connectivity index (χ0) is 23.2. The Bertz CT molecular complexity index is 1020. The molecule has 2 aliphatic heterocycles. The van der Waals surface area contributed by atoms with Gasteiger partial charge in [-0.2, -0.15) is 5.10 Å². The molecule has 33 heavy (non-hydrogen) atoms. The lowest BCUT2D eigenvalue weighted by Crippen LogP contribution is -2.40. The van der Waals surface area contributed by atoms with Crippen molar-refractivity contribution in [3.8, 4) is 0 Å². The van der Waals surface area contributed by atoms with Crippen molar-refractivity contribution in [2.24, 2.45) is 0 Å². The molecule has 1 aromatic heterocycles. The fraction of sp³-hybridized carbons (Fsp3) is 0.458. The average Bonchev–Trinajstić information content (AvgIpc) is 3.20. The van der Waals surface area contributed by atoms with Gasteiger partial charge in [0.1, 0.15) is 0 Å². The van der Waals surface area contributed by atoms with E-state index in [-0.39, 0.29) is 11.9 Å². The normalized spacial score (nSPS) is 19.0. The van der Waals surface area contributed by atoms with E-state index in [1.165, 1.54) is 0 Å². The molecule has 2 aromatic rings. The predicted octanol–water partition coefficient (Wildman–Crippen LogP) is 2.76. The molecule has 1 unspecified atom stereocenters. The molecule has 0 aliphatic carbocycles. The molecule has 1 atom stereocenters. The van der Waals surface area contributed by atoms with E-state index >= 15 is 0 Å². The maximum atomic E-state index is 12.9. The van der Waals surface area contributed by atoms with Crippen molar-refractivity contribution in [2.45, 2.75) is 25.8 Å². The molecular weight excluding hydrogens is 422 g/mol. The van der Waals surface area contributed by atoms with Crippen LogP contribution in [0, 0.1) is 6.92 Å². The van der Waals surface area contributed by atoms with Crippen molar-refractivity contribution >= 4 is 29.8 Å². The lowest BCUT2D eigenvalue weighted by molar-refractivity contribution is 0.0302. The fourth-order valence-electron chi connectivity index (χ4n) is 4.25. The zero-order valence-corrected chi connectivity index (χ0v) is 19.2. The number of carbonyl (C=O) groups excluding carboxylic acids is 2. The highest BCUT2D eigenvalue weighted by molar-refractivity contribution is 5.96. The van der Waals surface area contributed by atoms with Crippen molar-refractivity contribution in [1.82, 2.24) is 20.0 Å². The average molecular weight is 454 g/mol. The smallest absolute Gasteiger partial charge is 0.254 e. The number of ether oxygens (including phenoxy) is 2. The number of nitrogens with zero attached hydrogens (tertiary/aromatic N) is 3. The summed E-state index contributed by atoms with van der Waals surface area (Å²) in [6, 6.07) is 5.65. The van der Waals surface area contributed by atoms with Gasteiger partial charge < -0.3 is 25.0 Å². The lowest BCUT2D eigenvalue weighted by atomic mass is 10.1. The van der Waals surface area contributed by atoms with Crippen molar-refractivity contribution in [2.75, 3.05) is 51.9 Å². The quantitative estimate of drug-likeness (QED) is 0.622. The second-order valence-corrected chi connectivity index (χ2v) is 8.26. The van der Waals surface area contributed by atoms with Crippen molar-refractivity contribution in [1.29, 1.82) is 0 Å². The Morgan fingerprint density at radius 3 is 2.70 bits per heavy atom. The standard InChI is InChI=1S/C24H31N5O4/c1-17-14-18(5-6-20(17)24(31)28-9-12-32-13-10-28)26-23-21(15-30)22(7-8-25-2)29(27-23)19-4-3-11-33-16-19/h5-8,14-15,19,25H,3-4,9-13,16H2,1-2H3,(H,26,27)/b8-7-. The van der Waals surface area contributed by atoms with Crippen LogP contribution in [0.15, 0.2) is 24.4 Å². The van der Waals surface area contributed by atoms with Crippen molar-refractivity contribution in [3.63, 3.8) is 0 Å². The number of anilines is 2. The summed E-state index contributed by atoms with van der Waals surface area (Å²) in [5, 5.41) is 11.0. The van der Waals surface area contributed by atoms with Crippen molar-refractivity contribution in [3.05, 3.63) is 46.8 Å². The van der Waals surface area contributed by atoms with Gasteiger partial charge in [-0.3, -0.25) is 14.3 Å². The number of amides is 1. The second-order valence-electron chi connectivity index (χ2n) is 8.26. The summed E-state index contributed by atoms with van der Waals surface area (Å²) in [6.45, 7) is 5.57. The minimum Gasteiger partial charge on any atom is -0.394 e. The van der Waals surface area contributed by atoms with Gasteiger partial charge in [-0.05, 0) is 55.8 Å². The number of rotatable bonds is 7. The number of hydrogen-bond donors (Lipinski definition) is 2. The molecule has 0 bridgehead atoms. The first-order valence-corrected chi connectivity index (χ1v) is 11.4. The van der Waals surface area contributed by atoms with Crippen LogP contribution < -0.4 is 10.6 Å². The van der Waals surface area contributed by atoms with Crippen LogP contribution in [0.1, 0.15) is 50.9 Å². The summed E-state index contributed by atoms with van der Waals surface area (Å²) < 4.78 is 12.9. The van der Waals surface area contributed by atoms with Crippen molar-refractivity contribution < 1.29 is 19.1 Å². The highest BCUT2D eigenvalue weighted by Gasteiger charge is 2.24. The van der Waals surface area contributed by atoms with Crippen LogP contribution in [0.3, 0.4) is 0 Å². The molecular formula is C24H31N5O4. The Kier molecular flexibility index (Phi) is 7.41. The van der Waals surface area contributed by atoms with E-state index in [1.807, 2.05) is 47.8 Å². The summed E-state index contributed by atoms with van der Waals surface area (Å²) in [4.78, 5) is 26.7. The number of aryl methyl sites for hydroxylation is 1. The molecule has 176 valence electrons. The highest BCUT2D eigenvalue weighted by atomic mass is 16.5. The van der Waals surface area contributed by atoms with Gasteiger partial charge in [0.25, 0.3) is 5.91 Å². The summed E-state index contributed by atoms with van der Waals surface area (Å²) in [7, 11) is 1.81. The molecule has 9 nitrogen and oxygen atoms in total. The maximum absolute atomic E-state index is 12.9. The summed E-state index contributed by atoms with van der Waals surface area (Å²) in [6.07, 6.45) is 6.36. The lowest BCUT2D eigenvalue weighted by Gasteiger charge is -2.27. The van der Waals surface area contributed by atoms with E-state index < -0.39 is 0 Å². The van der Waals surface area contributed by atoms with Gasteiger partial charge >= 0.3 is 0 Å². The summed E-state index contributed by atoms with van der Waals surface area (Å²) in [5.41, 5.74) is 3.51. The van der Waals surface area contributed by atoms with Gasteiger partial charge in [0.05, 0.1) is 37.1 Å². The molecule has 4 rings (SSSR count). The number of benzene rings is 1. The summed E-state index contributed by atoms with van der Waals surface area (Å²) in [5.74, 6) is 0.495. The van der Waals surface area contributed by atoms with Crippen LogP contribution in [0.5, 0.6) is 0 Å². The van der Waals surface area contributed by atoms with Crippen LogP contribution in [0.2, 0.25) is 0 Å². The number of nitrogens with one attached hydrogen (secondary N) is 2. The Labute approximate surface area is 193 Å². The summed E-state index contributed by atoms with van der Waals surface area (Å²) >= 11 is 0. The van der Waals surface area contributed by atoms with Gasteiger partial charge in [0.15, 0.2) is 12.1 Å². The number of carbonyl (C=O) groups is 2. The van der Waals surface area contributed by atoms with Crippen LogP contribution in [0.4, 0.5) is 11.5 Å². The Balaban J connectivity index is 1.60. The van der Waals surface area contributed by atoms with Crippen LogP contribution >= 0.6 is 0 Å². The third-order valence-electron chi connectivity index (χ3n) is 6.01. The predicted molar refractivity (Wildman–Crippen MR) is 126 cm³/mol. The van der Waals surface area contributed by atoms with Gasteiger partial charge in [-0.25, -0.2) is 0 Å². The molecule has 2 fully saturated rings. The van der Waals surface area contributed by atoms with E-state index in [0.29, 0.717) is 49.9 Å². The number of aromatic nitrogens is 2. The SMILES string of the molecule is CN/C=C\c1c(C=O)c(Nc2ccc(C(=O)N3CCOCC3)c(C)c2)nn1C1CCCOC1. The molecule has 3 heterocycles. The number of hydrogen-bond acceptors (Lipinski definition) is 7. The molecule has 0 spiro atoms. The maximum Gasteiger partial charge on any atom is 0.254 e. The first-order chi connectivity index (χ1) is 16.1. The second kappa shape index (κ2) is 10.6. The third kappa shape index (κ3) is 5.09. The first-order valence-electron chi connectivity index (χ1n) is 11.4. The minimum absolute atomic E-state index is 0.0111. The van der Waals surface area contributed by atoms with Crippen LogP contribution in [0.25, 0.3) is 6.08 Å². The molecule has 2 N–H and O–H groups in total. The minimum atomic E-state index is 0.0111. The molecule has 2 saturated heterocycles. The van der Waals surface area contributed by atoms with E-state index in [4.69, 9.17) is 14.6 Å². The molecule has 2 aliphatic rings. The van der Waals surface area contributed by atoms with Gasteiger partial charge in [0.2, 0.25) is 0 Å². The molecule has 1 aromatic carbocycles. The topological polar surface area (TPSA) is 97.7 Å². The van der Waals surface area contributed by atoms with Gasteiger partial charge in [0, 0.05) is 38.0 Å². The first kappa shape index (κ1) is 23.0. The Morgan fingerprint density at radius 2 is 2.03 bits per heavy atom. The van der Waals surface area contributed by atoms with Crippen LogP contribution in [-0.2, 0) is 9.47 Å². The Morgan fingerprint density at radius 1 is 1.21 bits per heavy atom. The highest BCUT2D eigenvalue weighted by Crippen LogP contribution is 2.29. The largest absolute Gasteiger partial charge is 0.394 e. The van der Waals surface area contributed by atoms with E-state index in [9.17, 15) is 9.59 Å². The fourth-order valence-corrected chi connectivity index (χ4v) is 4.25. The Hall–Kier alpha value is -3.17. The molecule has 0 saturated carbocycles. The molecule has 1 amide bonds. The van der Waals surface area contributed by atoms with E-state index in [1.54, 1.807) is 6.20 Å². The number of morpholine rings is 1. The van der Waals surface area contributed by atoms with Gasteiger partial charge in [-0.15, -0.1) is 0 Å². The zero-order valence-electron chi connectivity index (χ0n) is 19.2. The van der Waals surface area contributed by atoms with E-state index in [2.05, 4.69) is 10.6 Å². The molecule has 9 heteroatoms. The third-order valence-corrected chi connectivity index (χ3v) is 6.01.